The molecule has 20 heavy (non-hydrogen) atoms. The highest BCUT2D eigenvalue weighted by molar-refractivity contribution is 5.72. The van der Waals surface area contributed by atoms with Crippen LogP contribution in [0, 0.1) is 0 Å². The van der Waals surface area contributed by atoms with Gasteiger partial charge in [-0.25, -0.2) is 9.97 Å². The second kappa shape index (κ2) is 4.92. The van der Waals surface area contributed by atoms with Gasteiger partial charge in [-0.05, 0) is 0 Å². The average Bonchev–Trinajstić information content (AvgIpc) is 3.05. The number of imidazole rings is 1. The van der Waals surface area contributed by atoms with Crippen LogP contribution in [0.4, 0.5) is 0 Å². The molecule has 0 atom stereocenters. The molecule has 0 aromatic carbocycles. The average molecular weight is 272 g/mol. The smallest absolute Gasteiger partial charge is 0.264 e. The number of aryl methyl sites for hydroxylation is 4. The van der Waals surface area contributed by atoms with Crippen LogP contribution in [0.1, 0.15) is 12.7 Å². The Labute approximate surface area is 115 Å². The Kier molecular flexibility index (Phi) is 3.09. The minimum absolute atomic E-state index is 0.0544. The maximum absolute atomic E-state index is 12.3. The van der Waals surface area contributed by atoms with Crippen molar-refractivity contribution in [3.8, 4) is 0 Å². The molecule has 0 aliphatic heterocycles. The van der Waals surface area contributed by atoms with E-state index in [1.54, 1.807) is 35.0 Å². The Balaban J connectivity index is 1.88. The normalized spacial score (nSPS) is 11.3. The van der Waals surface area contributed by atoms with Crippen LogP contribution < -0.4 is 5.56 Å². The number of nitrogens with zero attached hydrogens (tertiary/aromatic N) is 6. The van der Waals surface area contributed by atoms with Gasteiger partial charge in [0.1, 0.15) is 17.5 Å². The minimum atomic E-state index is -0.0544. The molecule has 0 saturated carbocycles. The zero-order valence-corrected chi connectivity index (χ0v) is 11.5. The van der Waals surface area contributed by atoms with Gasteiger partial charge in [-0.15, -0.1) is 0 Å². The van der Waals surface area contributed by atoms with Crippen molar-refractivity contribution in [3.05, 3.63) is 41.1 Å². The molecule has 0 aliphatic rings. The highest BCUT2D eigenvalue weighted by Gasteiger charge is 2.08. The van der Waals surface area contributed by atoms with Gasteiger partial charge in [0, 0.05) is 39.0 Å². The van der Waals surface area contributed by atoms with E-state index in [-0.39, 0.29) is 5.56 Å². The molecule has 7 nitrogen and oxygen atoms in total. The molecule has 3 aromatic rings. The fourth-order valence-electron chi connectivity index (χ4n) is 2.30. The zero-order chi connectivity index (χ0) is 14.1. The fourth-order valence-corrected chi connectivity index (χ4v) is 2.30. The Morgan fingerprint density at radius 3 is 2.80 bits per heavy atom. The first kappa shape index (κ1) is 12.6. The highest BCUT2D eigenvalue weighted by atomic mass is 16.1. The van der Waals surface area contributed by atoms with Crippen LogP contribution >= 0.6 is 0 Å². The predicted molar refractivity (Wildman–Crippen MR) is 74.4 cm³/mol. The van der Waals surface area contributed by atoms with Crippen LogP contribution in [0.25, 0.3) is 11.0 Å². The van der Waals surface area contributed by atoms with Gasteiger partial charge in [0.25, 0.3) is 5.56 Å². The molecule has 7 heteroatoms. The Morgan fingerprint density at radius 2 is 2.00 bits per heavy atom. The van der Waals surface area contributed by atoms with Crippen molar-refractivity contribution in [2.45, 2.75) is 26.4 Å². The summed E-state index contributed by atoms with van der Waals surface area (Å²) < 4.78 is 5.27. The molecule has 0 saturated heterocycles. The Hall–Kier alpha value is -2.44. The third-order valence-electron chi connectivity index (χ3n) is 3.42. The summed E-state index contributed by atoms with van der Waals surface area (Å²) in [5.74, 6) is 1.02. The van der Waals surface area contributed by atoms with Crippen LogP contribution in [0.2, 0.25) is 0 Å². The third kappa shape index (κ3) is 2.01. The third-order valence-corrected chi connectivity index (χ3v) is 3.42. The molecular weight excluding hydrogens is 256 g/mol. The summed E-state index contributed by atoms with van der Waals surface area (Å²) in [6.07, 6.45) is 7.73. The molecule has 0 unspecified atom stereocenters. The molecule has 0 fully saturated rings. The lowest BCUT2D eigenvalue weighted by Gasteiger charge is -2.08. The van der Waals surface area contributed by atoms with Crippen molar-refractivity contribution in [2.24, 2.45) is 7.05 Å². The summed E-state index contributed by atoms with van der Waals surface area (Å²) in [4.78, 5) is 20.9. The number of hydrogen-bond donors (Lipinski definition) is 0. The van der Waals surface area contributed by atoms with E-state index in [0.717, 1.165) is 12.2 Å². The molecule has 3 heterocycles. The summed E-state index contributed by atoms with van der Waals surface area (Å²) in [5, 5.41) is 4.61. The van der Waals surface area contributed by atoms with Crippen LogP contribution in [0.15, 0.2) is 29.7 Å². The van der Waals surface area contributed by atoms with Crippen LogP contribution in [0.5, 0.6) is 0 Å². The number of rotatable bonds is 4. The second-order valence-electron chi connectivity index (χ2n) is 4.64. The second-order valence-corrected chi connectivity index (χ2v) is 4.64. The van der Waals surface area contributed by atoms with E-state index < -0.39 is 0 Å². The van der Waals surface area contributed by atoms with Crippen molar-refractivity contribution < 1.29 is 0 Å². The van der Waals surface area contributed by atoms with Crippen molar-refractivity contribution in [3.63, 3.8) is 0 Å². The number of aromatic nitrogens is 6. The van der Waals surface area contributed by atoms with Crippen molar-refractivity contribution in [2.75, 3.05) is 0 Å². The summed E-state index contributed by atoms with van der Waals surface area (Å²) in [7, 11) is 1.78. The standard InChI is InChI=1S/C13H16N6O/c1-3-11-14-4-5-18(11)6-7-19-9-15-12-10(13(19)20)8-16-17(12)2/h4-5,8-9H,3,6-7H2,1-2H3. The molecule has 0 radical (unpaired) electrons. The Morgan fingerprint density at radius 1 is 1.20 bits per heavy atom. The van der Waals surface area contributed by atoms with Crippen LogP contribution in [0.3, 0.4) is 0 Å². The van der Waals surface area contributed by atoms with Crippen molar-refractivity contribution in [1.82, 2.24) is 28.9 Å². The molecule has 0 spiro atoms. The fraction of sp³-hybridized carbons (Fsp3) is 0.385. The number of hydrogen-bond acceptors (Lipinski definition) is 4. The first-order valence-electron chi connectivity index (χ1n) is 6.58. The maximum Gasteiger partial charge on any atom is 0.264 e. The van der Waals surface area contributed by atoms with E-state index in [9.17, 15) is 4.79 Å². The van der Waals surface area contributed by atoms with Crippen molar-refractivity contribution >= 4 is 11.0 Å². The SMILES string of the molecule is CCc1nccn1CCn1cnc2c(cnn2C)c1=O. The monoisotopic (exact) mass is 272 g/mol. The lowest BCUT2D eigenvalue weighted by Crippen LogP contribution is -2.23. The summed E-state index contributed by atoms with van der Waals surface area (Å²) >= 11 is 0. The summed E-state index contributed by atoms with van der Waals surface area (Å²) in [5.41, 5.74) is 0.560. The van der Waals surface area contributed by atoms with Crippen molar-refractivity contribution in [1.29, 1.82) is 0 Å². The lowest BCUT2D eigenvalue weighted by molar-refractivity contribution is 0.546. The molecule has 104 valence electrons. The maximum atomic E-state index is 12.3. The van der Waals surface area contributed by atoms with Gasteiger partial charge in [-0.3, -0.25) is 14.0 Å². The van der Waals surface area contributed by atoms with E-state index in [0.29, 0.717) is 24.1 Å². The van der Waals surface area contributed by atoms with E-state index in [1.807, 2.05) is 6.20 Å². The van der Waals surface area contributed by atoms with Gasteiger partial charge in [-0.1, -0.05) is 6.92 Å². The van der Waals surface area contributed by atoms with Gasteiger partial charge in [0.05, 0.1) is 6.20 Å². The molecule has 0 amide bonds. The molecule has 3 aromatic heterocycles. The largest absolute Gasteiger partial charge is 0.333 e. The van der Waals surface area contributed by atoms with E-state index in [4.69, 9.17) is 0 Å². The van der Waals surface area contributed by atoms with Gasteiger partial charge >= 0.3 is 0 Å². The van der Waals surface area contributed by atoms with Gasteiger partial charge < -0.3 is 4.57 Å². The van der Waals surface area contributed by atoms with E-state index >= 15 is 0 Å². The minimum Gasteiger partial charge on any atom is -0.333 e. The zero-order valence-electron chi connectivity index (χ0n) is 11.5. The molecular formula is C13H16N6O. The molecule has 0 bridgehead atoms. The lowest BCUT2D eigenvalue weighted by atomic mass is 10.4. The topological polar surface area (TPSA) is 70.5 Å². The molecule has 3 rings (SSSR count). The molecule has 0 N–H and O–H groups in total. The highest BCUT2D eigenvalue weighted by Crippen LogP contribution is 2.04. The van der Waals surface area contributed by atoms with E-state index in [2.05, 4.69) is 26.6 Å². The Bertz CT molecular complexity index is 797. The van der Waals surface area contributed by atoms with Crippen LogP contribution in [-0.4, -0.2) is 28.9 Å². The van der Waals surface area contributed by atoms with Crippen LogP contribution in [-0.2, 0) is 26.6 Å². The quantitative estimate of drug-likeness (QED) is 0.697. The first-order chi connectivity index (χ1) is 9.70. The number of fused-ring (bicyclic) bond motifs is 1. The van der Waals surface area contributed by atoms with E-state index in [1.165, 1.54) is 0 Å². The first-order valence-corrected chi connectivity index (χ1v) is 6.58. The molecule has 0 aliphatic carbocycles. The summed E-state index contributed by atoms with van der Waals surface area (Å²) in [6.45, 7) is 3.34. The summed E-state index contributed by atoms with van der Waals surface area (Å²) in [6, 6.07) is 0. The predicted octanol–water partition coefficient (Wildman–Crippen LogP) is 0.589. The van der Waals surface area contributed by atoms with Gasteiger partial charge in [-0.2, -0.15) is 5.10 Å². The van der Waals surface area contributed by atoms with Gasteiger partial charge in [0.15, 0.2) is 5.65 Å². The van der Waals surface area contributed by atoms with Gasteiger partial charge in [0.2, 0.25) is 0 Å².